The van der Waals surface area contributed by atoms with Gasteiger partial charge in [0.25, 0.3) is 0 Å². The lowest BCUT2D eigenvalue weighted by Crippen LogP contribution is -2.33. The quantitative estimate of drug-likeness (QED) is 0.837. The summed E-state index contributed by atoms with van der Waals surface area (Å²) in [5.41, 5.74) is 2.44. The Labute approximate surface area is 136 Å². The van der Waals surface area contributed by atoms with Crippen LogP contribution < -0.4 is 5.32 Å². The van der Waals surface area contributed by atoms with E-state index in [1.807, 2.05) is 36.1 Å². The molecule has 1 aromatic heterocycles. The minimum atomic E-state index is 0.367. The first kappa shape index (κ1) is 16.3. The molecule has 114 valence electrons. The molecule has 1 heterocycles. The molecule has 1 unspecified atom stereocenters. The molecule has 0 aliphatic heterocycles. The van der Waals surface area contributed by atoms with Gasteiger partial charge in [-0.05, 0) is 49.1 Å². The first-order valence-electron chi connectivity index (χ1n) is 7.23. The van der Waals surface area contributed by atoms with Crippen molar-refractivity contribution in [3.05, 3.63) is 51.8 Å². The summed E-state index contributed by atoms with van der Waals surface area (Å²) in [6.07, 6.45) is 6.98. The van der Waals surface area contributed by atoms with Gasteiger partial charge in [0.2, 0.25) is 0 Å². The standard InChI is InChI=1S/C16H21Cl2N3/c1-3-6-19-14(8-13-10-20-21(2)11-13)7-12-4-5-15(17)16(18)9-12/h4-5,9-11,14,19H,3,6-8H2,1-2H3. The van der Waals surface area contributed by atoms with Crippen LogP contribution in [0.1, 0.15) is 24.5 Å². The van der Waals surface area contributed by atoms with Crippen molar-refractivity contribution >= 4 is 23.2 Å². The maximum absolute atomic E-state index is 6.10. The van der Waals surface area contributed by atoms with Crippen LogP contribution in [-0.2, 0) is 19.9 Å². The maximum Gasteiger partial charge on any atom is 0.0595 e. The Hall–Kier alpha value is -1.03. The predicted molar refractivity (Wildman–Crippen MR) is 89.2 cm³/mol. The number of aryl methyl sites for hydroxylation is 1. The summed E-state index contributed by atoms with van der Waals surface area (Å²) in [7, 11) is 1.94. The van der Waals surface area contributed by atoms with Crippen LogP contribution in [0.15, 0.2) is 30.6 Å². The van der Waals surface area contributed by atoms with Gasteiger partial charge in [0, 0.05) is 19.3 Å². The molecule has 3 nitrogen and oxygen atoms in total. The molecule has 0 aliphatic carbocycles. The van der Waals surface area contributed by atoms with Gasteiger partial charge >= 0.3 is 0 Å². The van der Waals surface area contributed by atoms with Crippen molar-refractivity contribution in [2.75, 3.05) is 6.54 Å². The van der Waals surface area contributed by atoms with E-state index in [9.17, 15) is 0 Å². The molecule has 0 aliphatic rings. The van der Waals surface area contributed by atoms with E-state index in [4.69, 9.17) is 23.2 Å². The van der Waals surface area contributed by atoms with Gasteiger partial charge in [0.1, 0.15) is 0 Å². The van der Waals surface area contributed by atoms with E-state index in [-0.39, 0.29) is 0 Å². The smallest absolute Gasteiger partial charge is 0.0595 e. The number of rotatable bonds is 7. The van der Waals surface area contributed by atoms with Crippen LogP contribution in [0, 0.1) is 0 Å². The monoisotopic (exact) mass is 325 g/mol. The Balaban J connectivity index is 2.06. The number of hydrogen-bond acceptors (Lipinski definition) is 2. The molecule has 0 fully saturated rings. The van der Waals surface area contributed by atoms with Crippen molar-refractivity contribution in [1.29, 1.82) is 0 Å². The molecule has 5 heteroatoms. The van der Waals surface area contributed by atoms with E-state index in [0.29, 0.717) is 16.1 Å². The number of benzene rings is 1. The maximum atomic E-state index is 6.10. The molecule has 0 spiro atoms. The van der Waals surface area contributed by atoms with E-state index in [1.54, 1.807) is 0 Å². The van der Waals surface area contributed by atoms with Gasteiger partial charge in [-0.2, -0.15) is 5.10 Å². The SMILES string of the molecule is CCCNC(Cc1ccc(Cl)c(Cl)c1)Cc1cnn(C)c1. The molecule has 0 radical (unpaired) electrons. The average Bonchev–Trinajstić information content (AvgIpc) is 2.85. The third-order valence-electron chi connectivity index (χ3n) is 3.39. The van der Waals surface area contributed by atoms with Crippen LogP contribution in [0.25, 0.3) is 0 Å². The van der Waals surface area contributed by atoms with Crippen molar-refractivity contribution in [3.63, 3.8) is 0 Å². The summed E-state index contributed by atoms with van der Waals surface area (Å²) in [6, 6.07) is 6.22. The second-order valence-corrected chi connectivity index (χ2v) is 6.14. The first-order chi connectivity index (χ1) is 10.1. The topological polar surface area (TPSA) is 29.9 Å². The highest BCUT2D eigenvalue weighted by Crippen LogP contribution is 2.23. The van der Waals surface area contributed by atoms with E-state index in [1.165, 1.54) is 11.1 Å². The third kappa shape index (κ3) is 5.03. The fraction of sp³-hybridized carbons (Fsp3) is 0.438. The Morgan fingerprint density at radius 2 is 1.95 bits per heavy atom. The molecule has 0 saturated heterocycles. The van der Waals surface area contributed by atoms with E-state index < -0.39 is 0 Å². The van der Waals surface area contributed by atoms with Crippen LogP contribution in [-0.4, -0.2) is 22.4 Å². The number of hydrogen-bond donors (Lipinski definition) is 1. The van der Waals surface area contributed by atoms with Crippen LogP contribution >= 0.6 is 23.2 Å². The van der Waals surface area contributed by atoms with Gasteiger partial charge in [-0.1, -0.05) is 36.2 Å². The van der Waals surface area contributed by atoms with Crippen molar-refractivity contribution in [3.8, 4) is 0 Å². The molecule has 0 bridgehead atoms. The molecule has 2 aromatic rings. The van der Waals surface area contributed by atoms with Gasteiger partial charge < -0.3 is 5.32 Å². The Morgan fingerprint density at radius 3 is 2.57 bits per heavy atom. The Morgan fingerprint density at radius 1 is 1.19 bits per heavy atom. The van der Waals surface area contributed by atoms with Crippen LogP contribution in [0.3, 0.4) is 0 Å². The summed E-state index contributed by atoms with van der Waals surface area (Å²) in [5.74, 6) is 0. The molecule has 1 N–H and O–H groups in total. The summed E-state index contributed by atoms with van der Waals surface area (Å²) in [6.45, 7) is 3.18. The van der Waals surface area contributed by atoms with Gasteiger partial charge in [-0.3, -0.25) is 4.68 Å². The molecular formula is C16H21Cl2N3. The largest absolute Gasteiger partial charge is 0.313 e. The van der Waals surface area contributed by atoms with Crippen molar-refractivity contribution in [2.45, 2.75) is 32.2 Å². The van der Waals surface area contributed by atoms with Crippen LogP contribution in [0.5, 0.6) is 0 Å². The zero-order valence-corrected chi connectivity index (χ0v) is 14.0. The summed E-state index contributed by atoms with van der Waals surface area (Å²) < 4.78 is 1.84. The van der Waals surface area contributed by atoms with E-state index >= 15 is 0 Å². The lowest BCUT2D eigenvalue weighted by atomic mass is 10.0. The first-order valence-corrected chi connectivity index (χ1v) is 7.99. The van der Waals surface area contributed by atoms with E-state index in [2.05, 4.69) is 23.5 Å². The highest BCUT2D eigenvalue weighted by molar-refractivity contribution is 6.42. The number of aromatic nitrogens is 2. The van der Waals surface area contributed by atoms with Gasteiger partial charge in [-0.25, -0.2) is 0 Å². The molecule has 0 amide bonds. The highest BCUT2D eigenvalue weighted by Gasteiger charge is 2.12. The van der Waals surface area contributed by atoms with Gasteiger partial charge in [0.15, 0.2) is 0 Å². The van der Waals surface area contributed by atoms with Gasteiger partial charge in [0.05, 0.1) is 16.2 Å². The van der Waals surface area contributed by atoms with Crippen LogP contribution in [0.2, 0.25) is 10.0 Å². The lowest BCUT2D eigenvalue weighted by molar-refractivity contribution is 0.504. The normalized spacial score (nSPS) is 12.6. The predicted octanol–water partition coefficient (Wildman–Crippen LogP) is 3.88. The van der Waals surface area contributed by atoms with Crippen molar-refractivity contribution in [2.24, 2.45) is 7.05 Å². The second-order valence-electron chi connectivity index (χ2n) is 5.33. The lowest BCUT2D eigenvalue weighted by Gasteiger charge is -2.18. The van der Waals surface area contributed by atoms with Gasteiger partial charge in [-0.15, -0.1) is 0 Å². The minimum absolute atomic E-state index is 0.367. The molecular weight excluding hydrogens is 305 g/mol. The number of nitrogens with zero attached hydrogens (tertiary/aromatic N) is 2. The Bertz CT molecular complexity index is 581. The molecule has 1 atom stereocenters. The van der Waals surface area contributed by atoms with Crippen molar-refractivity contribution < 1.29 is 0 Å². The fourth-order valence-electron chi connectivity index (χ4n) is 2.38. The Kier molecular flexibility index (Phi) is 6.09. The number of halogens is 2. The fourth-order valence-corrected chi connectivity index (χ4v) is 2.70. The minimum Gasteiger partial charge on any atom is -0.313 e. The average molecular weight is 326 g/mol. The highest BCUT2D eigenvalue weighted by atomic mass is 35.5. The van der Waals surface area contributed by atoms with E-state index in [0.717, 1.165) is 25.8 Å². The third-order valence-corrected chi connectivity index (χ3v) is 4.13. The zero-order chi connectivity index (χ0) is 15.2. The molecule has 2 rings (SSSR count). The summed E-state index contributed by atoms with van der Waals surface area (Å²) in [4.78, 5) is 0. The molecule has 0 saturated carbocycles. The molecule has 21 heavy (non-hydrogen) atoms. The number of nitrogens with one attached hydrogen (secondary N) is 1. The molecule has 1 aromatic carbocycles. The van der Waals surface area contributed by atoms with Crippen molar-refractivity contribution in [1.82, 2.24) is 15.1 Å². The summed E-state index contributed by atoms with van der Waals surface area (Å²) >= 11 is 12.1. The summed E-state index contributed by atoms with van der Waals surface area (Å²) in [5, 5.41) is 9.05. The van der Waals surface area contributed by atoms with Crippen LogP contribution in [0.4, 0.5) is 0 Å². The zero-order valence-electron chi connectivity index (χ0n) is 12.4. The second kappa shape index (κ2) is 7.83.